The van der Waals surface area contributed by atoms with Crippen molar-refractivity contribution < 1.29 is 9.47 Å². The van der Waals surface area contributed by atoms with Crippen LogP contribution in [0.2, 0.25) is 5.02 Å². The van der Waals surface area contributed by atoms with E-state index in [1.165, 1.54) is 0 Å². The van der Waals surface area contributed by atoms with Gasteiger partial charge in [0.2, 0.25) is 0 Å². The molecule has 0 saturated heterocycles. The third kappa shape index (κ3) is 3.09. The smallest absolute Gasteiger partial charge is 0.179 e. The van der Waals surface area contributed by atoms with Gasteiger partial charge >= 0.3 is 0 Å². The fourth-order valence-electron chi connectivity index (χ4n) is 2.11. The van der Waals surface area contributed by atoms with Gasteiger partial charge in [0, 0.05) is 29.1 Å². The third-order valence-corrected chi connectivity index (χ3v) is 3.48. The van der Waals surface area contributed by atoms with Crippen molar-refractivity contribution in [3.8, 4) is 22.9 Å². The number of hydrogen-bond acceptors (Lipinski definition) is 5. The Morgan fingerprint density at radius 3 is 2.48 bits per heavy atom. The molecule has 2 N–H and O–H groups in total. The summed E-state index contributed by atoms with van der Waals surface area (Å²) in [6, 6.07) is 3.45. The summed E-state index contributed by atoms with van der Waals surface area (Å²) in [6.45, 7) is 3.81. The van der Waals surface area contributed by atoms with Crippen LogP contribution in [-0.4, -0.2) is 24.2 Å². The van der Waals surface area contributed by atoms with E-state index in [0.717, 1.165) is 16.8 Å². The van der Waals surface area contributed by atoms with Crippen molar-refractivity contribution in [2.24, 2.45) is 5.73 Å². The van der Waals surface area contributed by atoms with Crippen LogP contribution in [0, 0.1) is 6.92 Å². The molecule has 112 valence electrons. The molecule has 0 unspecified atom stereocenters. The zero-order valence-corrected chi connectivity index (χ0v) is 13.2. The van der Waals surface area contributed by atoms with Crippen LogP contribution >= 0.6 is 11.6 Å². The lowest BCUT2D eigenvalue weighted by molar-refractivity contribution is 0.355. The van der Waals surface area contributed by atoms with Crippen LogP contribution in [-0.2, 0) is 0 Å². The highest BCUT2D eigenvalue weighted by Crippen LogP contribution is 2.38. The lowest BCUT2D eigenvalue weighted by Crippen LogP contribution is -2.09. The summed E-state index contributed by atoms with van der Waals surface area (Å²) in [5.41, 5.74) is 8.40. The van der Waals surface area contributed by atoms with Crippen molar-refractivity contribution in [3.63, 3.8) is 0 Å². The zero-order chi connectivity index (χ0) is 15.6. The van der Waals surface area contributed by atoms with E-state index in [2.05, 4.69) is 9.97 Å². The van der Waals surface area contributed by atoms with E-state index in [9.17, 15) is 0 Å². The Morgan fingerprint density at radius 2 is 1.95 bits per heavy atom. The maximum atomic E-state index is 6.20. The van der Waals surface area contributed by atoms with Crippen LogP contribution in [0.4, 0.5) is 0 Å². The quantitative estimate of drug-likeness (QED) is 0.939. The van der Waals surface area contributed by atoms with Gasteiger partial charge in [-0.15, -0.1) is 0 Å². The predicted octanol–water partition coefficient (Wildman–Crippen LogP) is 3.14. The normalized spacial score (nSPS) is 12.1. The molecular formula is C15H18ClN3O2. The largest absolute Gasteiger partial charge is 0.493 e. The molecule has 2 rings (SSSR count). The Hall–Kier alpha value is -1.85. The van der Waals surface area contributed by atoms with Crippen molar-refractivity contribution in [1.29, 1.82) is 0 Å². The van der Waals surface area contributed by atoms with Gasteiger partial charge in [-0.1, -0.05) is 11.6 Å². The Morgan fingerprint density at radius 1 is 1.24 bits per heavy atom. The molecule has 0 radical (unpaired) electrons. The van der Waals surface area contributed by atoms with Crippen LogP contribution in [0.25, 0.3) is 11.4 Å². The van der Waals surface area contributed by atoms with Crippen molar-refractivity contribution in [1.82, 2.24) is 9.97 Å². The molecule has 5 nitrogen and oxygen atoms in total. The minimum Gasteiger partial charge on any atom is -0.493 e. The van der Waals surface area contributed by atoms with Crippen molar-refractivity contribution in [2.75, 3.05) is 14.2 Å². The molecule has 1 atom stereocenters. The van der Waals surface area contributed by atoms with E-state index in [4.69, 9.17) is 26.8 Å². The lowest BCUT2D eigenvalue weighted by atomic mass is 10.1. The van der Waals surface area contributed by atoms with E-state index in [0.29, 0.717) is 22.3 Å². The number of rotatable bonds is 4. The number of benzene rings is 1. The Bertz CT molecular complexity index is 660. The van der Waals surface area contributed by atoms with Gasteiger partial charge in [-0.3, -0.25) is 0 Å². The summed E-state index contributed by atoms with van der Waals surface area (Å²) in [6.07, 6.45) is 1.74. The second-order valence-electron chi connectivity index (χ2n) is 4.72. The number of aryl methyl sites for hydroxylation is 1. The first-order valence-electron chi connectivity index (χ1n) is 6.49. The monoisotopic (exact) mass is 307 g/mol. The zero-order valence-electron chi connectivity index (χ0n) is 12.5. The minimum atomic E-state index is -0.104. The maximum Gasteiger partial charge on any atom is 0.179 e. The first-order chi connectivity index (χ1) is 9.97. The number of ether oxygens (including phenoxy) is 2. The molecule has 0 amide bonds. The molecule has 0 spiro atoms. The molecule has 0 aliphatic rings. The molecule has 21 heavy (non-hydrogen) atoms. The maximum absolute atomic E-state index is 6.20. The van der Waals surface area contributed by atoms with Crippen LogP contribution in [0.5, 0.6) is 11.5 Å². The molecule has 0 aliphatic heterocycles. The van der Waals surface area contributed by atoms with Gasteiger partial charge in [0.05, 0.1) is 19.2 Å². The van der Waals surface area contributed by atoms with Crippen LogP contribution in [0.15, 0.2) is 18.3 Å². The summed E-state index contributed by atoms with van der Waals surface area (Å²) in [4.78, 5) is 8.85. The van der Waals surface area contributed by atoms with Gasteiger partial charge in [-0.25, -0.2) is 9.97 Å². The fourth-order valence-corrected chi connectivity index (χ4v) is 2.40. The molecule has 1 aromatic carbocycles. The first-order valence-corrected chi connectivity index (χ1v) is 6.86. The molecule has 1 heterocycles. The van der Waals surface area contributed by atoms with E-state index < -0.39 is 0 Å². The number of hydrogen-bond donors (Lipinski definition) is 1. The number of halogens is 1. The van der Waals surface area contributed by atoms with Gasteiger partial charge in [-0.2, -0.15) is 0 Å². The molecule has 1 aromatic heterocycles. The first kappa shape index (κ1) is 15.5. The summed E-state index contributed by atoms with van der Waals surface area (Å²) in [5, 5.41) is 0.448. The standard InChI is InChI=1S/C15H18ClN3O2/c1-8(17)11-7-18-15(19-9(11)2)10-5-12(16)14(21-4)13(6-10)20-3/h5-8H,17H2,1-4H3/t8-/m1/s1. The minimum absolute atomic E-state index is 0.104. The number of aromatic nitrogens is 2. The molecule has 6 heteroatoms. The molecule has 0 bridgehead atoms. The Labute approximate surface area is 129 Å². The second kappa shape index (κ2) is 6.28. The molecule has 0 saturated carbocycles. The van der Waals surface area contributed by atoms with E-state index in [1.54, 1.807) is 32.5 Å². The van der Waals surface area contributed by atoms with E-state index in [1.807, 2.05) is 13.8 Å². The van der Waals surface area contributed by atoms with E-state index in [-0.39, 0.29) is 6.04 Å². The highest BCUT2D eigenvalue weighted by atomic mass is 35.5. The average molecular weight is 308 g/mol. The topological polar surface area (TPSA) is 70.3 Å². The Kier molecular flexibility index (Phi) is 4.65. The van der Waals surface area contributed by atoms with Crippen molar-refractivity contribution in [3.05, 3.63) is 34.6 Å². The highest BCUT2D eigenvalue weighted by molar-refractivity contribution is 6.32. The molecule has 0 fully saturated rings. The van der Waals surface area contributed by atoms with Gasteiger partial charge in [0.1, 0.15) is 0 Å². The molecule has 0 aliphatic carbocycles. The van der Waals surface area contributed by atoms with Crippen LogP contribution in [0.1, 0.15) is 24.2 Å². The third-order valence-electron chi connectivity index (χ3n) is 3.20. The predicted molar refractivity (Wildman–Crippen MR) is 82.9 cm³/mol. The van der Waals surface area contributed by atoms with Crippen molar-refractivity contribution in [2.45, 2.75) is 19.9 Å². The summed E-state index contributed by atoms with van der Waals surface area (Å²) in [5.74, 6) is 1.60. The van der Waals surface area contributed by atoms with Crippen LogP contribution < -0.4 is 15.2 Å². The van der Waals surface area contributed by atoms with E-state index >= 15 is 0 Å². The summed E-state index contributed by atoms with van der Waals surface area (Å²) >= 11 is 6.20. The fraction of sp³-hybridized carbons (Fsp3) is 0.333. The Balaban J connectivity index is 2.52. The lowest BCUT2D eigenvalue weighted by Gasteiger charge is -2.13. The van der Waals surface area contributed by atoms with Gasteiger partial charge in [0.15, 0.2) is 17.3 Å². The van der Waals surface area contributed by atoms with Gasteiger partial charge < -0.3 is 15.2 Å². The number of nitrogens with two attached hydrogens (primary N) is 1. The summed E-state index contributed by atoms with van der Waals surface area (Å²) in [7, 11) is 3.10. The summed E-state index contributed by atoms with van der Waals surface area (Å²) < 4.78 is 10.5. The highest BCUT2D eigenvalue weighted by Gasteiger charge is 2.14. The number of methoxy groups -OCH3 is 2. The van der Waals surface area contributed by atoms with Gasteiger partial charge in [0.25, 0.3) is 0 Å². The van der Waals surface area contributed by atoms with Gasteiger partial charge in [-0.05, 0) is 26.0 Å². The second-order valence-corrected chi connectivity index (χ2v) is 5.12. The van der Waals surface area contributed by atoms with Crippen LogP contribution in [0.3, 0.4) is 0 Å². The average Bonchev–Trinajstić information content (AvgIpc) is 2.45. The molecular weight excluding hydrogens is 290 g/mol. The molecule has 2 aromatic rings. The number of nitrogens with zero attached hydrogens (tertiary/aromatic N) is 2. The van der Waals surface area contributed by atoms with Crippen molar-refractivity contribution >= 4 is 11.6 Å². The SMILES string of the molecule is COc1cc(-c2ncc([C@@H](C)N)c(C)n2)cc(Cl)c1OC.